The maximum Gasteiger partial charge on any atom is 0.315 e. The lowest BCUT2D eigenvalue weighted by Gasteiger charge is -2.23. The van der Waals surface area contributed by atoms with Crippen LogP contribution < -0.4 is 10.6 Å². The van der Waals surface area contributed by atoms with Gasteiger partial charge in [-0.2, -0.15) is 0 Å². The Balaban J connectivity index is 1.60. The minimum Gasteiger partial charge on any atom is -0.335 e. The summed E-state index contributed by atoms with van der Waals surface area (Å²) in [5.41, 5.74) is 3.23. The number of nitrogens with zero attached hydrogens (tertiary/aromatic N) is 1. The summed E-state index contributed by atoms with van der Waals surface area (Å²) in [5.74, 6) is 0. The number of carbonyl (C=O) groups is 1. The summed E-state index contributed by atoms with van der Waals surface area (Å²) in [4.78, 5) is 16.7. The first-order chi connectivity index (χ1) is 11.2. The van der Waals surface area contributed by atoms with Crippen molar-refractivity contribution in [3.8, 4) is 10.6 Å². The van der Waals surface area contributed by atoms with Crippen LogP contribution >= 0.6 is 11.3 Å². The number of aromatic nitrogens is 1. The highest BCUT2D eigenvalue weighted by Gasteiger charge is 2.16. The molecule has 0 unspecified atom stereocenters. The number of thiazole rings is 1. The standard InChI is InChI=1S/C18H23N3OS/c1-13-12-23-17(20-13)16-10-6-5-7-14(16)11-19-18(22)21-15-8-3-2-4-9-15/h5-7,10,12,15H,2-4,8-9,11H2,1H3,(H2,19,21,22). The Morgan fingerprint density at radius 1 is 1.26 bits per heavy atom. The third-order valence-electron chi connectivity index (χ3n) is 4.25. The second-order valence-corrected chi connectivity index (χ2v) is 6.97. The molecular formula is C18H23N3OS. The molecule has 1 aromatic heterocycles. The molecule has 0 saturated heterocycles. The summed E-state index contributed by atoms with van der Waals surface area (Å²) in [5, 5.41) is 9.14. The summed E-state index contributed by atoms with van der Waals surface area (Å²) in [6.45, 7) is 2.52. The van der Waals surface area contributed by atoms with E-state index < -0.39 is 0 Å². The predicted molar refractivity (Wildman–Crippen MR) is 94.5 cm³/mol. The van der Waals surface area contributed by atoms with Crippen molar-refractivity contribution >= 4 is 17.4 Å². The number of hydrogen-bond acceptors (Lipinski definition) is 3. The molecule has 0 spiro atoms. The minimum absolute atomic E-state index is 0.0676. The molecule has 0 bridgehead atoms. The van der Waals surface area contributed by atoms with Gasteiger partial charge in [-0.1, -0.05) is 43.5 Å². The summed E-state index contributed by atoms with van der Waals surface area (Å²) < 4.78 is 0. The van der Waals surface area contributed by atoms with Crippen LogP contribution in [-0.4, -0.2) is 17.1 Å². The monoisotopic (exact) mass is 329 g/mol. The van der Waals surface area contributed by atoms with Crippen molar-refractivity contribution < 1.29 is 4.79 Å². The van der Waals surface area contributed by atoms with E-state index in [-0.39, 0.29) is 6.03 Å². The number of rotatable bonds is 4. The van der Waals surface area contributed by atoms with Crippen molar-refractivity contribution in [2.24, 2.45) is 0 Å². The number of nitrogens with one attached hydrogen (secondary N) is 2. The van der Waals surface area contributed by atoms with E-state index in [9.17, 15) is 4.79 Å². The molecule has 0 atom stereocenters. The summed E-state index contributed by atoms with van der Waals surface area (Å²) in [7, 11) is 0. The fraction of sp³-hybridized carbons (Fsp3) is 0.444. The predicted octanol–water partition coefficient (Wildman–Crippen LogP) is 4.25. The molecular weight excluding hydrogens is 306 g/mol. The average Bonchev–Trinajstić information content (AvgIpc) is 3.00. The van der Waals surface area contributed by atoms with Gasteiger partial charge >= 0.3 is 6.03 Å². The van der Waals surface area contributed by atoms with E-state index in [0.717, 1.165) is 34.7 Å². The zero-order valence-corrected chi connectivity index (χ0v) is 14.3. The molecule has 1 fully saturated rings. The molecule has 0 radical (unpaired) electrons. The van der Waals surface area contributed by atoms with Crippen molar-refractivity contribution in [2.75, 3.05) is 0 Å². The highest BCUT2D eigenvalue weighted by atomic mass is 32.1. The molecule has 1 saturated carbocycles. The quantitative estimate of drug-likeness (QED) is 0.881. The Hall–Kier alpha value is -1.88. The van der Waals surface area contributed by atoms with Crippen LogP contribution in [0.4, 0.5) is 4.79 Å². The van der Waals surface area contributed by atoms with E-state index in [1.165, 1.54) is 19.3 Å². The van der Waals surface area contributed by atoms with Crippen LogP contribution in [0.25, 0.3) is 10.6 Å². The number of benzene rings is 1. The molecule has 5 heteroatoms. The molecule has 1 aliphatic rings. The van der Waals surface area contributed by atoms with E-state index >= 15 is 0 Å². The zero-order valence-electron chi connectivity index (χ0n) is 13.5. The Morgan fingerprint density at radius 3 is 2.78 bits per heavy atom. The Bertz CT molecular complexity index is 662. The normalized spacial score (nSPS) is 15.3. The van der Waals surface area contributed by atoms with Crippen molar-refractivity contribution in [3.05, 3.63) is 40.9 Å². The van der Waals surface area contributed by atoms with Gasteiger partial charge in [0.05, 0.1) is 0 Å². The Morgan fingerprint density at radius 2 is 2.04 bits per heavy atom. The molecule has 23 heavy (non-hydrogen) atoms. The van der Waals surface area contributed by atoms with Gasteiger partial charge < -0.3 is 10.6 Å². The van der Waals surface area contributed by atoms with Crippen LogP contribution in [0, 0.1) is 6.92 Å². The maximum atomic E-state index is 12.1. The first kappa shape index (κ1) is 16.0. The van der Waals surface area contributed by atoms with E-state index in [1.807, 2.05) is 25.1 Å². The van der Waals surface area contributed by atoms with Crippen LogP contribution in [0.2, 0.25) is 0 Å². The molecule has 1 aromatic carbocycles. The lowest BCUT2D eigenvalue weighted by molar-refractivity contribution is 0.232. The van der Waals surface area contributed by atoms with Gasteiger partial charge in [-0.05, 0) is 25.3 Å². The van der Waals surface area contributed by atoms with Crippen molar-refractivity contribution in [1.82, 2.24) is 15.6 Å². The van der Waals surface area contributed by atoms with Gasteiger partial charge in [0.2, 0.25) is 0 Å². The van der Waals surface area contributed by atoms with Gasteiger partial charge in [-0.25, -0.2) is 9.78 Å². The van der Waals surface area contributed by atoms with Gasteiger partial charge in [-0.15, -0.1) is 11.3 Å². The van der Waals surface area contributed by atoms with E-state index in [1.54, 1.807) is 11.3 Å². The van der Waals surface area contributed by atoms with Crippen molar-refractivity contribution in [1.29, 1.82) is 0 Å². The fourth-order valence-electron chi connectivity index (χ4n) is 3.02. The van der Waals surface area contributed by atoms with Crippen LogP contribution in [0.5, 0.6) is 0 Å². The van der Waals surface area contributed by atoms with E-state index in [0.29, 0.717) is 12.6 Å². The summed E-state index contributed by atoms with van der Waals surface area (Å²) >= 11 is 1.64. The second kappa shape index (κ2) is 7.59. The molecule has 4 nitrogen and oxygen atoms in total. The van der Waals surface area contributed by atoms with E-state index in [4.69, 9.17) is 0 Å². The van der Waals surface area contributed by atoms with Gasteiger partial charge in [0, 0.05) is 29.2 Å². The van der Waals surface area contributed by atoms with Crippen LogP contribution in [-0.2, 0) is 6.54 Å². The highest BCUT2D eigenvalue weighted by molar-refractivity contribution is 7.13. The first-order valence-electron chi connectivity index (χ1n) is 8.27. The largest absolute Gasteiger partial charge is 0.335 e. The third kappa shape index (κ3) is 4.32. The number of aryl methyl sites for hydroxylation is 1. The molecule has 0 aliphatic heterocycles. The van der Waals surface area contributed by atoms with Gasteiger partial charge in [0.1, 0.15) is 5.01 Å². The lowest BCUT2D eigenvalue weighted by Crippen LogP contribution is -2.42. The third-order valence-corrected chi connectivity index (χ3v) is 5.24. The number of carbonyl (C=O) groups excluding carboxylic acids is 1. The number of urea groups is 1. The van der Waals surface area contributed by atoms with Crippen molar-refractivity contribution in [2.45, 2.75) is 51.6 Å². The molecule has 2 N–H and O–H groups in total. The fourth-order valence-corrected chi connectivity index (χ4v) is 3.88. The van der Waals surface area contributed by atoms with Crippen molar-refractivity contribution in [3.63, 3.8) is 0 Å². The summed E-state index contributed by atoms with van der Waals surface area (Å²) in [6, 6.07) is 8.39. The maximum absolute atomic E-state index is 12.1. The average molecular weight is 329 g/mol. The minimum atomic E-state index is -0.0676. The van der Waals surface area contributed by atoms with Gasteiger partial charge in [0.25, 0.3) is 0 Å². The van der Waals surface area contributed by atoms with Crippen LogP contribution in [0.1, 0.15) is 43.4 Å². The second-order valence-electron chi connectivity index (χ2n) is 6.11. The molecule has 1 aliphatic carbocycles. The SMILES string of the molecule is Cc1csc(-c2ccccc2CNC(=O)NC2CCCCC2)n1. The number of amides is 2. The topological polar surface area (TPSA) is 54.0 Å². The Kier molecular flexibility index (Phi) is 5.28. The summed E-state index contributed by atoms with van der Waals surface area (Å²) in [6.07, 6.45) is 5.93. The smallest absolute Gasteiger partial charge is 0.315 e. The van der Waals surface area contributed by atoms with E-state index in [2.05, 4.69) is 27.1 Å². The number of hydrogen-bond donors (Lipinski definition) is 2. The van der Waals surface area contributed by atoms with Gasteiger partial charge in [-0.3, -0.25) is 0 Å². The molecule has 122 valence electrons. The highest BCUT2D eigenvalue weighted by Crippen LogP contribution is 2.26. The van der Waals surface area contributed by atoms with Crippen LogP contribution in [0.3, 0.4) is 0 Å². The molecule has 1 heterocycles. The molecule has 2 aromatic rings. The van der Waals surface area contributed by atoms with Gasteiger partial charge in [0.15, 0.2) is 0 Å². The van der Waals surface area contributed by atoms with Crippen LogP contribution in [0.15, 0.2) is 29.6 Å². The molecule has 2 amide bonds. The first-order valence-corrected chi connectivity index (χ1v) is 9.15. The zero-order chi connectivity index (χ0) is 16.1. The Labute approximate surface area is 141 Å². The molecule has 3 rings (SSSR count). The lowest BCUT2D eigenvalue weighted by atomic mass is 9.96.